The number of para-hydroxylation sites is 1. The highest BCUT2D eigenvalue weighted by Gasteiger charge is 2.29. The molecule has 2 fully saturated rings. The first-order valence-electron chi connectivity index (χ1n) is 11.7. The number of amides is 3. The van der Waals surface area contributed by atoms with Crippen molar-refractivity contribution in [3.8, 4) is 0 Å². The molecule has 0 atom stereocenters. The molecule has 1 aromatic carbocycles. The highest BCUT2D eigenvalue weighted by molar-refractivity contribution is 5.84. The van der Waals surface area contributed by atoms with Crippen molar-refractivity contribution in [2.45, 2.75) is 38.2 Å². The van der Waals surface area contributed by atoms with Crippen molar-refractivity contribution in [1.82, 2.24) is 14.7 Å². The van der Waals surface area contributed by atoms with Crippen LogP contribution in [0.3, 0.4) is 0 Å². The summed E-state index contributed by atoms with van der Waals surface area (Å²) in [4.78, 5) is 53.1. The summed E-state index contributed by atoms with van der Waals surface area (Å²) in [6.07, 6.45) is 3.40. The number of aldehydes is 1. The number of piperidine rings is 2. The van der Waals surface area contributed by atoms with Crippen LogP contribution in [0.1, 0.15) is 32.1 Å². The first-order valence-corrected chi connectivity index (χ1v) is 11.7. The molecule has 0 bridgehead atoms. The summed E-state index contributed by atoms with van der Waals surface area (Å²) < 4.78 is 5.52. The van der Waals surface area contributed by atoms with Crippen molar-refractivity contribution in [3.05, 3.63) is 30.3 Å². The van der Waals surface area contributed by atoms with Crippen molar-refractivity contribution < 1.29 is 23.9 Å². The average Bonchev–Trinajstić information content (AvgIpc) is 2.83. The van der Waals surface area contributed by atoms with Crippen LogP contribution < -0.4 is 5.32 Å². The average molecular weight is 459 g/mol. The highest BCUT2D eigenvalue weighted by Crippen LogP contribution is 2.20. The quantitative estimate of drug-likeness (QED) is 0.598. The SMILES string of the molecule is CN(CC=O)C(=O)C1CCN(C(=O)CCN2CCC(OC(=O)Nc3ccccc3)CC2)CC1. The molecular weight excluding hydrogens is 424 g/mol. The molecule has 0 radical (unpaired) electrons. The van der Waals surface area contributed by atoms with E-state index in [1.54, 1.807) is 7.05 Å². The number of anilines is 1. The van der Waals surface area contributed by atoms with Crippen LogP contribution >= 0.6 is 0 Å². The maximum atomic E-state index is 12.6. The van der Waals surface area contributed by atoms with Crippen LogP contribution in [0.15, 0.2) is 30.3 Å². The Morgan fingerprint density at radius 1 is 1.06 bits per heavy atom. The first kappa shape index (κ1) is 24.7. The second kappa shape index (κ2) is 12.3. The molecular formula is C24H34N4O5. The first-order chi connectivity index (χ1) is 16.0. The van der Waals surface area contributed by atoms with Crippen molar-refractivity contribution in [2.24, 2.45) is 5.92 Å². The maximum absolute atomic E-state index is 12.6. The molecule has 1 aromatic rings. The fourth-order valence-electron chi connectivity index (χ4n) is 4.37. The van der Waals surface area contributed by atoms with Gasteiger partial charge in [-0.25, -0.2) is 4.79 Å². The number of likely N-dealkylation sites (N-methyl/N-ethyl adjacent to an activating group) is 1. The van der Waals surface area contributed by atoms with Crippen LogP contribution in [0.4, 0.5) is 10.5 Å². The Morgan fingerprint density at radius 2 is 1.73 bits per heavy atom. The largest absolute Gasteiger partial charge is 0.446 e. The van der Waals surface area contributed by atoms with E-state index < -0.39 is 6.09 Å². The lowest BCUT2D eigenvalue weighted by Crippen LogP contribution is -2.45. The van der Waals surface area contributed by atoms with Gasteiger partial charge in [-0.2, -0.15) is 0 Å². The normalized spacial score (nSPS) is 17.9. The number of ether oxygens (including phenoxy) is 1. The third-order valence-corrected chi connectivity index (χ3v) is 6.39. The van der Waals surface area contributed by atoms with Gasteiger partial charge in [-0.3, -0.25) is 14.9 Å². The molecule has 0 spiro atoms. The molecule has 1 N–H and O–H groups in total. The molecule has 3 amide bonds. The van der Waals surface area contributed by atoms with E-state index in [0.29, 0.717) is 44.6 Å². The number of hydrogen-bond acceptors (Lipinski definition) is 6. The summed E-state index contributed by atoms with van der Waals surface area (Å²) in [5, 5.41) is 2.74. The van der Waals surface area contributed by atoms with Gasteiger partial charge < -0.3 is 24.2 Å². The van der Waals surface area contributed by atoms with E-state index in [4.69, 9.17) is 4.74 Å². The molecule has 0 unspecified atom stereocenters. The number of likely N-dealkylation sites (tertiary alicyclic amines) is 2. The Kier molecular flexibility index (Phi) is 9.24. The summed E-state index contributed by atoms with van der Waals surface area (Å²) in [6.45, 7) is 3.53. The minimum absolute atomic E-state index is 0.0169. The molecule has 33 heavy (non-hydrogen) atoms. The second-order valence-corrected chi connectivity index (χ2v) is 8.73. The predicted molar refractivity (Wildman–Crippen MR) is 124 cm³/mol. The van der Waals surface area contributed by atoms with E-state index in [1.165, 1.54) is 4.90 Å². The minimum Gasteiger partial charge on any atom is -0.446 e. The lowest BCUT2D eigenvalue weighted by atomic mass is 9.95. The zero-order chi connectivity index (χ0) is 23.6. The number of rotatable bonds is 8. The van der Waals surface area contributed by atoms with E-state index in [2.05, 4.69) is 10.2 Å². The van der Waals surface area contributed by atoms with Gasteiger partial charge in [0.05, 0.1) is 6.54 Å². The smallest absolute Gasteiger partial charge is 0.411 e. The summed E-state index contributed by atoms with van der Waals surface area (Å²) in [7, 11) is 1.64. The third kappa shape index (κ3) is 7.56. The third-order valence-electron chi connectivity index (χ3n) is 6.39. The molecule has 3 rings (SSSR count). The summed E-state index contributed by atoms with van der Waals surface area (Å²) >= 11 is 0. The van der Waals surface area contributed by atoms with E-state index in [1.807, 2.05) is 35.2 Å². The van der Waals surface area contributed by atoms with Crippen LogP contribution in [0, 0.1) is 5.92 Å². The number of benzene rings is 1. The van der Waals surface area contributed by atoms with Crippen molar-refractivity contribution >= 4 is 29.9 Å². The molecule has 0 aromatic heterocycles. The van der Waals surface area contributed by atoms with Gasteiger partial charge >= 0.3 is 6.09 Å². The minimum atomic E-state index is -0.436. The fraction of sp³-hybridized carbons (Fsp3) is 0.583. The van der Waals surface area contributed by atoms with Gasteiger partial charge in [0, 0.05) is 57.8 Å². The summed E-state index contributed by atoms with van der Waals surface area (Å²) in [5.74, 6) is -0.0170. The monoisotopic (exact) mass is 458 g/mol. The van der Waals surface area contributed by atoms with E-state index in [0.717, 1.165) is 32.2 Å². The summed E-state index contributed by atoms with van der Waals surface area (Å²) in [5.41, 5.74) is 0.708. The number of nitrogens with one attached hydrogen (secondary N) is 1. The lowest BCUT2D eigenvalue weighted by Gasteiger charge is -2.34. The van der Waals surface area contributed by atoms with Crippen molar-refractivity contribution in [2.75, 3.05) is 51.6 Å². The molecule has 0 aliphatic carbocycles. The van der Waals surface area contributed by atoms with Crippen LogP contribution in [-0.2, 0) is 19.1 Å². The highest BCUT2D eigenvalue weighted by atomic mass is 16.6. The Labute approximate surface area is 195 Å². The number of nitrogens with zero attached hydrogens (tertiary/aromatic N) is 3. The molecule has 2 heterocycles. The van der Waals surface area contributed by atoms with E-state index in [-0.39, 0.29) is 30.4 Å². The second-order valence-electron chi connectivity index (χ2n) is 8.73. The van der Waals surface area contributed by atoms with Crippen molar-refractivity contribution in [3.63, 3.8) is 0 Å². The lowest BCUT2D eigenvalue weighted by molar-refractivity contribution is -0.140. The van der Waals surface area contributed by atoms with Crippen LogP contribution in [0.2, 0.25) is 0 Å². The van der Waals surface area contributed by atoms with Gasteiger partial charge in [-0.1, -0.05) is 18.2 Å². The predicted octanol–water partition coefficient (Wildman–Crippen LogP) is 1.99. The summed E-state index contributed by atoms with van der Waals surface area (Å²) in [6, 6.07) is 9.22. The molecule has 9 heteroatoms. The number of hydrogen-bond donors (Lipinski definition) is 1. The van der Waals surface area contributed by atoms with Crippen LogP contribution in [0.5, 0.6) is 0 Å². The standard InChI is InChI=1S/C24H34N4O5/c1-26(17-18-29)23(31)19-7-15-28(16-8-19)22(30)11-14-27-12-9-21(10-13-27)33-24(32)25-20-5-3-2-4-6-20/h2-6,18-19,21H,7-17H2,1H3,(H,25,32). The van der Waals surface area contributed by atoms with Crippen LogP contribution in [0.25, 0.3) is 0 Å². The Bertz CT molecular complexity index is 802. The van der Waals surface area contributed by atoms with Gasteiger partial charge in [0.15, 0.2) is 0 Å². The Hall–Kier alpha value is -2.94. The van der Waals surface area contributed by atoms with Gasteiger partial charge in [0.25, 0.3) is 0 Å². The molecule has 180 valence electrons. The molecule has 2 aliphatic heterocycles. The van der Waals surface area contributed by atoms with E-state index >= 15 is 0 Å². The van der Waals surface area contributed by atoms with Gasteiger partial charge in [0.1, 0.15) is 12.4 Å². The Balaban J connectivity index is 1.31. The number of carbonyl (C=O) groups excluding carboxylic acids is 4. The molecule has 2 saturated heterocycles. The molecule has 2 aliphatic rings. The Morgan fingerprint density at radius 3 is 2.36 bits per heavy atom. The van der Waals surface area contributed by atoms with Gasteiger partial charge in [0.2, 0.25) is 11.8 Å². The van der Waals surface area contributed by atoms with E-state index in [9.17, 15) is 19.2 Å². The fourth-order valence-corrected chi connectivity index (χ4v) is 4.37. The molecule has 9 nitrogen and oxygen atoms in total. The van der Waals surface area contributed by atoms with Crippen LogP contribution in [-0.4, -0.2) is 91.3 Å². The van der Waals surface area contributed by atoms with Gasteiger partial charge in [-0.05, 0) is 37.8 Å². The molecule has 0 saturated carbocycles. The van der Waals surface area contributed by atoms with Crippen molar-refractivity contribution in [1.29, 1.82) is 0 Å². The van der Waals surface area contributed by atoms with Gasteiger partial charge in [-0.15, -0.1) is 0 Å². The topological polar surface area (TPSA) is 99.3 Å². The zero-order valence-corrected chi connectivity index (χ0v) is 19.3. The maximum Gasteiger partial charge on any atom is 0.411 e. The number of carbonyl (C=O) groups is 4. The zero-order valence-electron chi connectivity index (χ0n) is 19.3.